The standard InChI is InChI=1S/C22H25ClN2O2S2/c1-4-19-21(5-2)28-22-12-9-17(23)15-20(22)25(19)14-6-13-24-29(26,27)18-10-7-16(3)8-11-18/h4-5,7-12,15,24H,6,13-14H2,1-3H3. The van der Waals surface area contributed by atoms with E-state index in [1.165, 1.54) is 4.91 Å². The largest absolute Gasteiger partial charge is 0.340 e. The second kappa shape index (κ2) is 9.39. The number of fused-ring (bicyclic) bond motifs is 1. The molecule has 1 heterocycles. The SMILES string of the molecule is CC=C1Sc2ccc(Cl)cc2N(CCCNS(=O)(=O)c2ccc(C)cc2)C1=CC. The van der Waals surface area contributed by atoms with Crippen molar-refractivity contribution >= 4 is 39.1 Å². The molecule has 0 saturated heterocycles. The van der Waals surface area contributed by atoms with Gasteiger partial charge in [-0.3, -0.25) is 0 Å². The zero-order valence-electron chi connectivity index (χ0n) is 16.8. The van der Waals surface area contributed by atoms with Crippen molar-refractivity contribution in [3.05, 3.63) is 75.8 Å². The van der Waals surface area contributed by atoms with Crippen LogP contribution in [0.15, 0.2) is 75.0 Å². The van der Waals surface area contributed by atoms with Crippen molar-refractivity contribution in [2.45, 2.75) is 37.0 Å². The van der Waals surface area contributed by atoms with Gasteiger partial charge in [0.2, 0.25) is 10.0 Å². The van der Waals surface area contributed by atoms with Crippen LogP contribution >= 0.6 is 23.4 Å². The molecule has 2 aromatic carbocycles. The number of rotatable bonds is 6. The number of hydrogen-bond acceptors (Lipinski definition) is 4. The number of halogens is 1. The van der Waals surface area contributed by atoms with Crippen molar-refractivity contribution in [1.29, 1.82) is 0 Å². The molecule has 0 unspecified atom stereocenters. The van der Waals surface area contributed by atoms with E-state index >= 15 is 0 Å². The van der Waals surface area contributed by atoms with Crippen LogP contribution in [0, 0.1) is 6.92 Å². The molecule has 0 spiro atoms. The lowest BCUT2D eigenvalue weighted by atomic mass is 10.2. The smallest absolute Gasteiger partial charge is 0.240 e. The molecule has 0 radical (unpaired) electrons. The summed E-state index contributed by atoms with van der Waals surface area (Å²) in [4.78, 5) is 4.84. The highest BCUT2D eigenvalue weighted by Gasteiger charge is 2.25. The van der Waals surface area contributed by atoms with Gasteiger partial charge in [-0.05, 0) is 57.5 Å². The summed E-state index contributed by atoms with van der Waals surface area (Å²) in [6, 6.07) is 12.8. The minimum absolute atomic E-state index is 0.292. The summed E-state index contributed by atoms with van der Waals surface area (Å²) < 4.78 is 27.7. The van der Waals surface area contributed by atoms with Gasteiger partial charge in [0.05, 0.1) is 16.3 Å². The Balaban J connectivity index is 1.72. The van der Waals surface area contributed by atoms with E-state index < -0.39 is 10.0 Å². The van der Waals surface area contributed by atoms with Crippen LogP contribution in [-0.4, -0.2) is 21.5 Å². The normalized spacial score (nSPS) is 17.0. The van der Waals surface area contributed by atoms with Gasteiger partial charge in [0, 0.05) is 27.9 Å². The van der Waals surface area contributed by atoms with Crippen molar-refractivity contribution in [3.63, 3.8) is 0 Å². The number of anilines is 1. The van der Waals surface area contributed by atoms with Crippen LogP contribution < -0.4 is 9.62 Å². The maximum Gasteiger partial charge on any atom is 0.240 e. The average molecular weight is 449 g/mol. The Labute approximate surface area is 182 Å². The summed E-state index contributed by atoms with van der Waals surface area (Å²) in [5.74, 6) is 0. The van der Waals surface area contributed by atoms with E-state index in [4.69, 9.17) is 11.6 Å². The molecule has 0 atom stereocenters. The van der Waals surface area contributed by atoms with Crippen LogP contribution in [0.1, 0.15) is 25.8 Å². The van der Waals surface area contributed by atoms with Crippen molar-refractivity contribution in [3.8, 4) is 0 Å². The van der Waals surface area contributed by atoms with Gasteiger partial charge in [0.25, 0.3) is 0 Å². The fourth-order valence-electron chi connectivity index (χ4n) is 3.21. The number of aryl methyl sites for hydroxylation is 1. The molecule has 1 aliphatic heterocycles. The third-order valence-corrected chi connectivity index (χ3v) is 7.63. The summed E-state index contributed by atoms with van der Waals surface area (Å²) in [5, 5.41) is 0.689. The molecule has 1 N–H and O–H groups in total. The number of nitrogens with zero attached hydrogens (tertiary/aromatic N) is 1. The van der Waals surface area contributed by atoms with Crippen LogP contribution in [0.4, 0.5) is 5.69 Å². The first kappa shape index (κ1) is 22.0. The molecule has 0 aromatic heterocycles. The molecule has 0 amide bonds. The van der Waals surface area contributed by atoms with Crippen molar-refractivity contribution < 1.29 is 8.42 Å². The minimum atomic E-state index is -3.50. The van der Waals surface area contributed by atoms with E-state index in [2.05, 4.69) is 21.8 Å². The lowest BCUT2D eigenvalue weighted by Crippen LogP contribution is -2.31. The number of sulfonamides is 1. The molecule has 0 bridgehead atoms. The van der Waals surface area contributed by atoms with E-state index in [1.54, 1.807) is 36.0 Å². The van der Waals surface area contributed by atoms with Crippen LogP contribution in [0.5, 0.6) is 0 Å². The Morgan fingerprint density at radius 3 is 2.48 bits per heavy atom. The average Bonchev–Trinajstić information content (AvgIpc) is 2.70. The van der Waals surface area contributed by atoms with Crippen LogP contribution in [-0.2, 0) is 10.0 Å². The fraction of sp³-hybridized carbons (Fsp3) is 0.273. The first-order chi connectivity index (χ1) is 13.9. The Kier molecular flexibility index (Phi) is 7.11. The van der Waals surface area contributed by atoms with Gasteiger partial charge in [-0.25, -0.2) is 13.1 Å². The van der Waals surface area contributed by atoms with Gasteiger partial charge in [-0.2, -0.15) is 0 Å². The molecule has 1 aliphatic rings. The van der Waals surface area contributed by atoms with Gasteiger partial charge < -0.3 is 4.90 Å². The van der Waals surface area contributed by atoms with Crippen LogP contribution in [0.3, 0.4) is 0 Å². The zero-order chi connectivity index (χ0) is 21.0. The molecule has 2 aromatic rings. The van der Waals surface area contributed by atoms with Crippen LogP contribution in [0.2, 0.25) is 5.02 Å². The van der Waals surface area contributed by atoms with E-state index in [9.17, 15) is 8.42 Å². The Morgan fingerprint density at radius 1 is 1.10 bits per heavy atom. The van der Waals surface area contributed by atoms with Crippen molar-refractivity contribution in [2.75, 3.05) is 18.0 Å². The number of nitrogens with one attached hydrogen (secondary N) is 1. The molecular formula is C22H25ClN2O2S2. The fourth-order valence-corrected chi connectivity index (χ4v) is 5.55. The Morgan fingerprint density at radius 2 is 1.83 bits per heavy atom. The zero-order valence-corrected chi connectivity index (χ0v) is 19.2. The summed E-state index contributed by atoms with van der Waals surface area (Å²) in [7, 11) is -3.50. The third-order valence-electron chi connectivity index (χ3n) is 4.69. The predicted octanol–water partition coefficient (Wildman–Crippen LogP) is 5.74. The highest BCUT2D eigenvalue weighted by molar-refractivity contribution is 8.03. The summed E-state index contributed by atoms with van der Waals surface area (Å²) in [6.45, 7) is 7.02. The molecule has 0 fully saturated rings. The number of benzene rings is 2. The predicted molar refractivity (Wildman–Crippen MR) is 123 cm³/mol. The third kappa shape index (κ3) is 5.07. The maximum atomic E-state index is 12.5. The number of allylic oxidation sites excluding steroid dienone is 2. The lowest BCUT2D eigenvalue weighted by molar-refractivity contribution is 0.579. The van der Waals surface area contributed by atoms with Crippen molar-refractivity contribution in [1.82, 2.24) is 4.72 Å². The van der Waals surface area contributed by atoms with Gasteiger partial charge in [0.1, 0.15) is 0 Å². The highest BCUT2D eigenvalue weighted by Crippen LogP contribution is 2.46. The molecule has 7 heteroatoms. The summed E-state index contributed by atoms with van der Waals surface area (Å²) >= 11 is 7.97. The maximum absolute atomic E-state index is 12.5. The van der Waals surface area contributed by atoms with E-state index in [-0.39, 0.29) is 0 Å². The van der Waals surface area contributed by atoms with E-state index in [0.29, 0.717) is 29.4 Å². The second-order valence-corrected chi connectivity index (χ2v) is 10.0. The van der Waals surface area contributed by atoms with E-state index in [0.717, 1.165) is 21.8 Å². The van der Waals surface area contributed by atoms with Gasteiger partial charge in [-0.1, -0.05) is 53.2 Å². The monoisotopic (exact) mass is 448 g/mol. The highest BCUT2D eigenvalue weighted by atomic mass is 35.5. The molecule has 154 valence electrons. The Bertz CT molecular complexity index is 1040. The topological polar surface area (TPSA) is 49.4 Å². The molecule has 0 saturated carbocycles. The molecule has 29 heavy (non-hydrogen) atoms. The molecular weight excluding hydrogens is 424 g/mol. The number of thioether (sulfide) groups is 1. The first-order valence-electron chi connectivity index (χ1n) is 9.50. The quantitative estimate of drug-likeness (QED) is 0.572. The second-order valence-electron chi connectivity index (χ2n) is 6.76. The first-order valence-corrected chi connectivity index (χ1v) is 12.2. The van der Waals surface area contributed by atoms with Gasteiger partial charge >= 0.3 is 0 Å². The van der Waals surface area contributed by atoms with Crippen LogP contribution in [0.25, 0.3) is 0 Å². The summed E-state index contributed by atoms with van der Waals surface area (Å²) in [5.41, 5.74) is 3.21. The van der Waals surface area contributed by atoms with E-state index in [1.807, 2.05) is 39.0 Å². The van der Waals surface area contributed by atoms with Crippen molar-refractivity contribution in [2.24, 2.45) is 0 Å². The number of hydrogen-bond donors (Lipinski definition) is 1. The molecule has 4 nitrogen and oxygen atoms in total. The minimum Gasteiger partial charge on any atom is -0.340 e. The molecule has 0 aliphatic carbocycles. The lowest BCUT2D eigenvalue weighted by Gasteiger charge is -2.35. The van der Waals surface area contributed by atoms with Gasteiger partial charge in [0.15, 0.2) is 0 Å². The Hall–Kier alpha value is -1.73. The molecule has 3 rings (SSSR count). The summed E-state index contributed by atoms with van der Waals surface area (Å²) in [6.07, 6.45) is 4.85. The van der Waals surface area contributed by atoms with Gasteiger partial charge in [-0.15, -0.1) is 0 Å².